The minimum Gasteiger partial charge on any atom is -0.496 e. The number of guanidine groups is 4. The molecule has 0 aliphatic carbocycles. The van der Waals surface area contributed by atoms with Gasteiger partial charge in [0.2, 0.25) is 5.91 Å². The molecule has 22 N–H and O–H groups in total. The summed E-state index contributed by atoms with van der Waals surface area (Å²) in [5, 5.41) is 11.0. The molecule has 0 radical (unpaired) electrons. The minimum absolute atomic E-state index is 0.0191. The monoisotopic (exact) mass is 1320 g/mol. The first-order valence-electron chi connectivity index (χ1n) is 30.6. The van der Waals surface area contributed by atoms with E-state index >= 15 is 0 Å². The summed E-state index contributed by atoms with van der Waals surface area (Å²) < 4.78 is 21.5. The number of hydrogen-bond donors (Lipinski definition) is 13. The van der Waals surface area contributed by atoms with E-state index in [1.165, 1.54) is 71.8 Å². The number of nitrogens with two attached hydrogens (primary N) is 9. The number of aliphatic imine (C=N–C) groups is 4. The standard InChI is InChI=1S/C55H80N16O11.C10H13NO2/c1-31(68-48(76)14-6-7-21-64-52(56)57)42(73)28-33-15-18-46(81-4)37(25-33)50(78)70-40(12-9-23-66-54(60)61)44(75)30-35-17-20-47(82-5)38(27-35)51(79)71-41(13-10-24-67-55(62)63)43(74)29-34-16-19-45(80-3)36(26-34)49(77)69-39(32(2)72)11-8-22-65-53(58)59;1-3-7-4-5-9(13-2)8(6-7)10(11)12/h15-20,25-27,31,39-41H,6-14,21-24,28-30H2,1-5H3,(H,68,76)(H,69,77)(H,70,78)(H,71,79)(H4,56,57,64)(H4,58,59,65)(H4,60,61,66)(H4,62,63,67);4-6H,3H2,1-2H3,(H2,11,12)/t31-,39-,40-,41-;/m1./s1. The van der Waals surface area contributed by atoms with Crippen molar-refractivity contribution in [1.29, 1.82) is 0 Å². The van der Waals surface area contributed by atoms with Crippen LogP contribution in [0.1, 0.15) is 142 Å². The van der Waals surface area contributed by atoms with Crippen molar-refractivity contribution in [2.24, 2.45) is 71.6 Å². The number of ether oxygens (including phenoxy) is 4. The summed E-state index contributed by atoms with van der Waals surface area (Å²) in [6.45, 7) is 5.81. The topological polar surface area (TPSA) is 522 Å². The zero-order valence-corrected chi connectivity index (χ0v) is 55.1. The molecule has 4 rings (SSSR count). The lowest BCUT2D eigenvalue weighted by Gasteiger charge is -2.21. The second kappa shape index (κ2) is 40.9. The van der Waals surface area contributed by atoms with Gasteiger partial charge in [0.25, 0.3) is 23.6 Å². The highest BCUT2D eigenvalue weighted by Crippen LogP contribution is 2.26. The Hall–Kier alpha value is -10.8. The highest BCUT2D eigenvalue weighted by Gasteiger charge is 2.28. The number of benzene rings is 4. The molecule has 0 saturated carbocycles. The van der Waals surface area contributed by atoms with Crippen molar-refractivity contribution < 1.29 is 62.1 Å². The van der Waals surface area contributed by atoms with Gasteiger partial charge in [0.15, 0.2) is 47.0 Å². The second-order valence-corrected chi connectivity index (χ2v) is 21.9. The number of nitrogens with one attached hydrogen (secondary N) is 4. The maximum absolute atomic E-state index is 14.3. The Morgan fingerprint density at radius 2 is 0.726 bits per heavy atom. The fraction of sp³-hybridized carbons (Fsp3) is 0.431. The molecule has 30 nitrogen and oxygen atoms in total. The Labute approximate surface area is 552 Å². The van der Waals surface area contributed by atoms with Gasteiger partial charge in [0.1, 0.15) is 23.0 Å². The summed E-state index contributed by atoms with van der Waals surface area (Å²) in [6, 6.07) is 15.2. The van der Waals surface area contributed by atoms with Gasteiger partial charge in [-0.2, -0.15) is 0 Å². The van der Waals surface area contributed by atoms with E-state index in [-0.39, 0.29) is 153 Å². The molecule has 0 bridgehead atoms. The largest absolute Gasteiger partial charge is 0.496 e. The Balaban J connectivity index is 0.00000161. The van der Waals surface area contributed by atoms with Crippen LogP contribution in [0.4, 0.5) is 0 Å². The van der Waals surface area contributed by atoms with Crippen molar-refractivity contribution in [3.05, 3.63) is 117 Å². The van der Waals surface area contributed by atoms with Crippen LogP contribution in [-0.2, 0) is 49.7 Å². The van der Waals surface area contributed by atoms with Crippen molar-refractivity contribution in [1.82, 2.24) is 21.3 Å². The molecule has 5 amide bonds. The molecule has 0 spiro atoms. The number of aryl methyl sites for hydroxylation is 1. The number of carbonyl (C=O) groups is 9. The van der Waals surface area contributed by atoms with Crippen LogP contribution in [0.2, 0.25) is 0 Å². The number of methoxy groups -OCH3 is 4. The third-order valence-corrected chi connectivity index (χ3v) is 14.6. The molecule has 0 fully saturated rings. The zero-order chi connectivity index (χ0) is 70.7. The molecule has 4 atom stereocenters. The van der Waals surface area contributed by atoms with Crippen molar-refractivity contribution in [3.63, 3.8) is 0 Å². The number of unbranched alkanes of at least 4 members (excludes halogenated alkanes) is 1. The van der Waals surface area contributed by atoms with Crippen LogP contribution in [0.15, 0.2) is 92.8 Å². The summed E-state index contributed by atoms with van der Waals surface area (Å²) in [7, 11) is 5.60. The van der Waals surface area contributed by atoms with Gasteiger partial charge in [0, 0.05) is 51.9 Å². The summed E-state index contributed by atoms with van der Waals surface area (Å²) in [5.74, 6) is -3.83. The maximum atomic E-state index is 14.3. The lowest BCUT2D eigenvalue weighted by molar-refractivity contribution is -0.127. The van der Waals surface area contributed by atoms with E-state index in [2.05, 4.69) is 41.2 Å². The van der Waals surface area contributed by atoms with E-state index in [0.717, 1.165) is 12.0 Å². The molecule has 4 aromatic rings. The molecule has 0 aliphatic rings. The highest BCUT2D eigenvalue weighted by atomic mass is 16.5. The number of hydrogen-bond acceptors (Lipinski definition) is 17. The Bertz CT molecular complexity index is 3430. The van der Waals surface area contributed by atoms with Crippen molar-refractivity contribution in [3.8, 4) is 23.0 Å². The summed E-state index contributed by atoms with van der Waals surface area (Å²) in [4.78, 5) is 136. The number of Topliss-reactive ketones (excluding diaryl/α,β-unsaturated/α-hetero) is 4. The molecule has 0 saturated heterocycles. The molecule has 4 aromatic carbocycles. The number of nitrogens with zero attached hydrogens (tertiary/aromatic N) is 4. The smallest absolute Gasteiger partial charge is 0.255 e. The first-order chi connectivity index (χ1) is 45.1. The van der Waals surface area contributed by atoms with Crippen LogP contribution in [0.3, 0.4) is 0 Å². The molecule has 30 heteroatoms. The summed E-state index contributed by atoms with van der Waals surface area (Å²) in [5.41, 5.74) is 51.7. The Kier molecular flexibility index (Phi) is 33.8. The third-order valence-electron chi connectivity index (χ3n) is 14.6. The molecular weight excluding hydrogens is 1230 g/mol. The minimum atomic E-state index is -1.13. The summed E-state index contributed by atoms with van der Waals surface area (Å²) >= 11 is 0. The van der Waals surface area contributed by atoms with Gasteiger partial charge in [0.05, 0.1) is 74.9 Å². The fourth-order valence-corrected chi connectivity index (χ4v) is 9.52. The van der Waals surface area contributed by atoms with Crippen molar-refractivity contribution >= 4 is 76.5 Å². The molecule has 95 heavy (non-hydrogen) atoms. The molecule has 0 unspecified atom stereocenters. The first-order valence-corrected chi connectivity index (χ1v) is 30.6. The lowest BCUT2D eigenvalue weighted by Crippen LogP contribution is -2.42. The van der Waals surface area contributed by atoms with Crippen LogP contribution < -0.4 is 91.8 Å². The van der Waals surface area contributed by atoms with Crippen LogP contribution in [0.25, 0.3) is 0 Å². The number of rotatable bonds is 40. The van der Waals surface area contributed by atoms with Gasteiger partial charge in [-0.25, -0.2) is 0 Å². The predicted molar refractivity (Wildman–Crippen MR) is 362 cm³/mol. The average Bonchev–Trinajstić information content (AvgIpc) is 0.870. The average molecular weight is 1320 g/mol. The predicted octanol–water partition coefficient (Wildman–Crippen LogP) is 0.797. The quantitative estimate of drug-likeness (QED) is 0.0166. The Morgan fingerprint density at radius 3 is 1.06 bits per heavy atom. The van der Waals surface area contributed by atoms with E-state index in [0.29, 0.717) is 53.8 Å². The molecule has 0 heterocycles. The van der Waals surface area contributed by atoms with Gasteiger partial charge >= 0.3 is 0 Å². The molecule has 0 aromatic heterocycles. The zero-order valence-electron chi connectivity index (χ0n) is 55.1. The number of ketones is 4. The van der Waals surface area contributed by atoms with E-state index in [1.54, 1.807) is 37.3 Å². The summed E-state index contributed by atoms with van der Waals surface area (Å²) in [6.07, 6.45) is 2.79. The maximum Gasteiger partial charge on any atom is 0.255 e. The lowest BCUT2D eigenvalue weighted by atomic mass is 9.96. The van der Waals surface area contributed by atoms with Gasteiger partial charge in [-0.05, 0) is 142 Å². The second-order valence-electron chi connectivity index (χ2n) is 21.9. The van der Waals surface area contributed by atoms with Gasteiger partial charge in [-0.3, -0.25) is 63.1 Å². The molecule has 0 aliphatic heterocycles. The van der Waals surface area contributed by atoms with Crippen molar-refractivity contribution in [2.75, 3.05) is 54.6 Å². The van der Waals surface area contributed by atoms with E-state index in [1.807, 2.05) is 13.0 Å². The third kappa shape index (κ3) is 27.9. The van der Waals surface area contributed by atoms with Crippen LogP contribution in [0, 0.1) is 0 Å². The van der Waals surface area contributed by atoms with E-state index in [9.17, 15) is 43.2 Å². The normalized spacial score (nSPS) is 11.8. The van der Waals surface area contributed by atoms with Crippen LogP contribution >= 0.6 is 0 Å². The van der Waals surface area contributed by atoms with E-state index in [4.69, 9.17) is 70.6 Å². The number of amides is 5. The fourth-order valence-electron chi connectivity index (χ4n) is 9.52. The van der Waals surface area contributed by atoms with Crippen LogP contribution in [0.5, 0.6) is 23.0 Å². The van der Waals surface area contributed by atoms with Gasteiger partial charge in [-0.1, -0.05) is 31.2 Å². The first kappa shape index (κ1) is 78.4. The van der Waals surface area contributed by atoms with Gasteiger partial charge < -0.3 is 91.8 Å². The SMILES string of the molecule is CCc1ccc(OC)c(C(N)=O)c1.COc1ccc(CC(=O)[C@@H](CCCN=C(N)N)NC(=O)c2cc(CC(=O)[C@@H](CCCN=C(N)N)NC(=O)c3cc(CC(=O)[C@@H](C)NC(=O)CCCCN=C(N)N)ccc3OC)ccc2OC)cc1C(=O)N[C@H](CCCN=C(N)N)C(C)=O. The number of primary amides is 1. The Morgan fingerprint density at radius 1 is 0.411 bits per heavy atom. The van der Waals surface area contributed by atoms with Crippen molar-refractivity contribution in [2.45, 2.75) is 128 Å². The van der Waals surface area contributed by atoms with Gasteiger partial charge in [-0.15, -0.1) is 0 Å². The molecular formula is C65H93N17O13. The number of carbonyl (C=O) groups excluding carboxylic acids is 9. The van der Waals surface area contributed by atoms with E-state index < -0.39 is 59.4 Å². The molecule has 516 valence electrons. The van der Waals surface area contributed by atoms with Crippen LogP contribution in [-0.4, -0.2) is 155 Å². The highest BCUT2D eigenvalue weighted by molar-refractivity contribution is 6.03.